The van der Waals surface area contributed by atoms with Gasteiger partial charge in [-0.15, -0.1) is 0 Å². The van der Waals surface area contributed by atoms with Gasteiger partial charge in [-0.3, -0.25) is 4.79 Å². The Morgan fingerprint density at radius 3 is 2.82 bits per heavy atom. The van der Waals surface area contributed by atoms with Gasteiger partial charge in [0.2, 0.25) is 0 Å². The van der Waals surface area contributed by atoms with Gasteiger partial charge in [0.25, 0.3) is 5.91 Å². The smallest absolute Gasteiger partial charge is 0.251 e. The summed E-state index contributed by atoms with van der Waals surface area (Å²) in [7, 11) is 0. The molecule has 3 aromatic rings. The van der Waals surface area contributed by atoms with Crippen molar-refractivity contribution in [3.63, 3.8) is 0 Å². The molecule has 3 heterocycles. The van der Waals surface area contributed by atoms with E-state index >= 15 is 0 Å². The van der Waals surface area contributed by atoms with E-state index in [0.717, 1.165) is 74.3 Å². The summed E-state index contributed by atoms with van der Waals surface area (Å²) in [4.78, 5) is 22.6. The van der Waals surface area contributed by atoms with E-state index in [1.165, 1.54) is 6.07 Å². The van der Waals surface area contributed by atoms with Crippen molar-refractivity contribution in [2.75, 3.05) is 26.3 Å². The van der Waals surface area contributed by atoms with E-state index in [-0.39, 0.29) is 22.9 Å². The summed E-state index contributed by atoms with van der Waals surface area (Å²) < 4.78 is 19.2. The number of aromatic nitrogens is 2. The Hall–Kier alpha value is -2.61. The number of hydrogen-bond acceptors (Lipinski definition) is 5. The minimum absolute atomic E-state index is 0.0576. The topological polar surface area (TPSA) is 76.1 Å². The molecule has 8 heteroatoms. The average Bonchev–Trinajstić information content (AvgIpc) is 3.39. The quantitative estimate of drug-likeness (QED) is 0.542. The SMILES string of the molecule is O=C(N[C@H](c1ccc(F)c(Cl)c1)[C@H]1CCNC1)c1ccc2cnc(CC3CCOCC3)nc2c1. The third kappa shape index (κ3) is 5.22. The molecule has 0 unspecified atom stereocenters. The van der Waals surface area contributed by atoms with E-state index < -0.39 is 5.82 Å². The van der Waals surface area contributed by atoms with Crippen LogP contribution in [-0.2, 0) is 11.2 Å². The molecule has 2 aliphatic heterocycles. The first-order valence-corrected chi connectivity index (χ1v) is 12.2. The van der Waals surface area contributed by atoms with Crippen LogP contribution < -0.4 is 10.6 Å². The molecule has 0 saturated carbocycles. The number of halogens is 2. The Labute approximate surface area is 203 Å². The van der Waals surface area contributed by atoms with Crippen molar-refractivity contribution in [2.24, 2.45) is 11.8 Å². The molecule has 178 valence electrons. The molecule has 2 fully saturated rings. The summed E-state index contributed by atoms with van der Waals surface area (Å²) in [6.07, 6.45) is 5.60. The van der Waals surface area contributed by atoms with Crippen LogP contribution in [0.3, 0.4) is 0 Å². The van der Waals surface area contributed by atoms with Crippen molar-refractivity contribution in [1.29, 1.82) is 0 Å². The van der Waals surface area contributed by atoms with Crippen LogP contribution in [0.15, 0.2) is 42.6 Å². The lowest BCUT2D eigenvalue weighted by molar-refractivity contribution is 0.0660. The van der Waals surface area contributed by atoms with Crippen molar-refractivity contribution in [2.45, 2.75) is 31.7 Å². The Morgan fingerprint density at radius 2 is 2.06 bits per heavy atom. The number of ether oxygens (including phenoxy) is 1. The minimum Gasteiger partial charge on any atom is -0.381 e. The Kier molecular flexibility index (Phi) is 7.04. The van der Waals surface area contributed by atoms with Gasteiger partial charge >= 0.3 is 0 Å². The molecular formula is C26H28ClFN4O2. The molecule has 0 aliphatic carbocycles. The zero-order valence-corrected chi connectivity index (χ0v) is 19.7. The number of fused-ring (bicyclic) bond motifs is 1. The minimum atomic E-state index is -0.467. The standard InChI is InChI=1S/C26H28ClFN4O2/c27-21-12-17(3-4-22(21)28)25(20-5-8-29-14-20)32-26(33)18-1-2-19-15-30-24(31-23(19)13-18)11-16-6-9-34-10-7-16/h1-4,12-13,15-16,20,25,29H,5-11,14H2,(H,32,33)/t20-,25+/m0/s1. The van der Waals surface area contributed by atoms with Gasteiger partial charge in [0.1, 0.15) is 11.6 Å². The summed E-state index contributed by atoms with van der Waals surface area (Å²) in [5, 5.41) is 7.46. The molecule has 5 rings (SSSR count). The Bertz CT molecular complexity index is 1180. The van der Waals surface area contributed by atoms with E-state index in [1.807, 2.05) is 18.3 Å². The summed E-state index contributed by atoms with van der Waals surface area (Å²) >= 11 is 6.04. The molecule has 2 aliphatic rings. The molecular weight excluding hydrogens is 455 g/mol. The molecule has 2 N–H and O–H groups in total. The number of nitrogens with one attached hydrogen (secondary N) is 2. The highest BCUT2D eigenvalue weighted by atomic mass is 35.5. The molecule has 0 bridgehead atoms. The third-order valence-electron chi connectivity index (χ3n) is 6.87. The first-order chi connectivity index (χ1) is 16.6. The fraction of sp³-hybridized carbons (Fsp3) is 0.423. The molecule has 2 atom stereocenters. The number of carbonyl (C=O) groups excluding carboxylic acids is 1. The lowest BCUT2D eigenvalue weighted by Crippen LogP contribution is -2.34. The van der Waals surface area contributed by atoms with Gasteiger partial charge in [-0.2, -0.15) is 0 Å². The number of hydrogen-bond donors (Lipinski definition) is 2. The zero-order valence-electron chi connectivity index (χ0n) is 18.9. The highest BCUT2D eigenvalue weighted by Gasteiger charge is 2.28. The summed E-state index contributed by atoms with van der Waals surface area (Å²) in [5.74, 6) is 0.864. The fourth-order valence-corrected chi connectivity index (χ4v) is 5.06. The summed E-state index contributed by atoms with van der Waals surface area (Å²) in [6, 6.07) is 9.88. The van der Waals surface area contributed by atoms with Crippen LogP contribution in [0.25, 0.3) is 10.9 Å². The molecule has 2 aromatic carbocycles. The number of nitrogens with zero attached hydrogens (tertiary/aromatic N) is 2. The average molecular weight is 483 g/mol. The van der Waals surface area contributed by atoms with Gasteiger partial charge in [0, 0.05) is 43.3 Å². The van der Waals surface area contributed by atoms with Gasteiger partial charge in [-0.1, -0.05) is 23.7 Å². The number of amides is 1. The lowest BCUT2D eigenvalue weighted by atomic mass is 9.91. The molecule has 1 aromatic heterocycles. The maximum atomic E-state index is 13.7. The van der Waals surface area contributed by atoms with Crippen LogP contribution in [0.2, 0.25) is 5.02 Å². The number of carbonyl (C=O) groups is 1. The van der Waals surface area contributed by atoms with Crippen LogP contribution >= 0.6 is 11.6 Å². The van der Waals surface area contributed by atoms with Crippen LogP contribution in [0.1, 0.15) is 47.1 Å². The molecule has 34 heavy (non-hydrogen) atoms. The van der Waals surface area contributed by atoms with E-state index in [4.69, 9.17) is 21.3 Å². The van der Waals surface area contributed by atoms with Crippen LogP contribution in [-0.4, -0.2) is 42.2 Å². The van der Waals surface area contributed by atoms with Gasteiger partial charge < -0.3 is 15.4 Å². The normalized spacial score (nSPS) is 19.9. The monoisotopic (exact) mass is 482 g/mol. The Balaban J connectivity index is 1.37. The predicted octanol–water partition coefficient (Wildman–Crippen LogP) is 4.47. The molecule has 1 amide bonds. The van der Waals surface area contributed by atoms with Gasteiger partial charge in [0.05, 0.1) is 16.6 Å². The van der Waals surface area contributed by atoms with Crippen LogP contribution in [0.4, 0.5) is 4.39 Å². The largest absolute Gasteiger partial charge is 0.381 e. The van der Waals surface area contributed by atoms with Crippen molar-refractivity contribution in [1.82, 2.24) is 20.6 Å². The second-order valence-electron chi connectivity index (χ2n) is 9.20. The van der Waals surface area contributed by atoms with E-state index in [9.17, 15) is 9.18 Å². The molecule has 6 nitrogen and oxygen atoms in total. The maximum absolute atomic E-state index is 13.7. The van der Waals surface area contributed by atoms with Gasteiger partial charge in [0.15, 0.2) is 0 Å². The highest BCUT2D eigenvalue weighted by Crippen LogP contribution is 2.30. The zero-order chi connectivity index (χ0) is 23.5. The number of rotatable bonds is 6. The van der Waals surface area contributed by atoms with Crippen LogP contribution in [0.5, 0.6) is 0 Å². The second-order valence-corrected chi connectivity index (χ2v) is 9.60. The van der Waals surface area contributed by atoms with Crippen molar-refractivity contribution >= 4 is 28.4 Å². The van der Waals surface area contributed by atoms with Gasteiger partial charge in [-0.05, 0) is 67.5 Å². The summed E-state index contributed by atoms with van der Waals surface area (Å²) in [5.41, 5.74) is 2.09. The van der Waals surface area contributed by atoms with Crippen molar-refractivity contribution < 1.29 is 13.9 Å². The van der Waals surface area contributed by atoms with Crippen LogP contribution in [0, 0.1) is 17.7 Å². The first kappa shape index (κ1) is 23.1. The van der Waals surface area contributed by atoms with E-state index in [2.05, 4.69) is 15.6 Å². The maximum Gasteiger partial charge on any atom is 0.251 e. The number of benzene rings is 2. The van der Waals surface area contributed by atoms with E-state index in [1.54, 1.807) is 18.2 Å². The summed E-state index contributed by atoms with van der Waals surface area (Å²) in [6.45, 7) is 3.24. The highest BCUT2D eigenvalue weighted by molar-refractivity contribution is 6.30. The third-order valence-corrected chi connectivity index (χ3v) is 7.16. The molecule has 0 spiro atoms. The Morgan fingerprint density at radius 1 is 1.21 bits per heavy atom. The molecule has 2 saturated heterocycles. The van der Waals surface area contributed by atoms with Gasteiger partial charge in [-0.25, -0.2) is 14.4 Å². The predicted molar refractivity (Wildman–Crippen MR) is 129 cm³/mol. The van der Waals surface area contributed by atoms with E-state index in [0.29, 0.717) is 11.5 Å². The fourth-order valence-electron chi connectivity index (χ4n) is 4.88. The second kappa shape index (κ2) is 10.3. The lowest BCUT2D eigenvalue weighted by Gasteiger charge is -2.25. The molecule has 0 radical (unpaired) electrons. The van der Waals surface area contributed by atoms with Crippen molar-refractivity contribution in [3.8, 4) is 0 Å². The first-order valence-electron chi connectivity index (χ1n) is 11.9. The van der Waals surface area contributed by atoms with Crippen molar-refractivity contribution in [3.05, 3.63) is 70.4 Å².